The number of hydrogen-bond donors (Lipinski definition) is 0. The molecule has 0 rings (SSSR count). The lowest BCUT2D eigenvalue weighted by Crippen LogP contribution is -1.96. The van der Waals surface area contributed by atoms with Gasteiger partial charge in [-0.2, -0.15) is 0 Å². The second-order valence-electron chi connectivity index (χ2n) is 4.16. The second kappa shape index (κ2) is 8.34. The number of hydrogen-bond acceptors (Lipinski definition) is 0. The first-order chi connectivity index (χ1) is 6.20. The van der Waals surface area contributed by atoms with Crippen molar-refractivity contribution in [3.63, 3.8) is 0 Å². The number of unbranched alkanes of at least 4 members (excludes halogenated alkanes) is 2. The number of rotatable bonds is 8. The zero-order valence-corrected chi connectivity index (χ0v) is 9.44. The van der Waals surface area contributed by atoms with Crippen molar-refractivity contribution in [2.75, 3.05) is 0 Å². The summed E-state index contributed by atoms with van der Waals surface area (Å²) in [5.41, 5.74) is 1.44. The highest BCUT2D eigenvalue weighted by atomic mass is 14.1. The van der Waals surface area contributed by atoms with Gasteiger partial charge in [0.15, 0.2) is 0 Å². The smallest absolute Gasteiger partial charge is 0.0297 e. The zero-order valence-electron chi connectivity index (χ0n) is 9.44. The Morgan fingerprint density at radius 2 is 2.00 bits per heavy atom. The monoisotopic (exact) mass is 181 g/mol. The average Bonchev–Trinajstić information content (AvgIpc) is 2.05. The van der Waals surface area contributed by atoms with Gasteiger partial charge in [0.2, 0.25) is 0 Å². The highest BCUT2D eigenvalue weighted by molar-refractivity contribution is 4.94. The van der Waals surface area contributed by atoms with Crippen molar-refractivity contribution in [3.8, 4) is 0 Å². The van der Waals surface area contributed by atoms with E-state index in [-0.39, 0.29) is 0 Å². The normalized spacial score (nSPS) is 12.8. The molecule has 0 aliphatic rings. The van der Waals surface area contributed by atoms with Crippen molar-refractivity contribution in [3.05, 3.63) is 19.1 Å². The summed E-state index contributed by atoms with van der Waals surface area (Å²) in [5, 5.41) is 0. The van der Waals surface area contributed by atoms with E-state index in [0.29, 0.717) is 0 Å². The molecule has 0 bridgehead atoms. The van der Waals surface area contributed by atoms with E-state index in [1.165, 1.54) is 44.1 Å². The van der Waals surface area contributed by atoms with Crippen LogP contribution in [0.15, 0.2) is 12.2 Å². The van der Waals surface area contributed by atoms with E-state index in [2.05, 4.69) is 27.4 Å². The second-order valence-corrected chi connectivity index (χ2v) is 4.16. The Balaban J connectivity index is 3.38. The van der Waals surface area contributed by atoms with Gasteiger partial charge in [0.25, 0.3) is 0 Å². The molecule has 13 heavy (non-hydrogen) atoms. The summed E-state index contributed by atoms with van der Waals surface area (Å²) < 4.78 is 0. The molecule has 0 nitrogen and oxygen atoms in total. The van der Waals surface area contributed by atoms with E-state index >= 15 is 0 Å². The fourth-order valence-corrected chi connectivity index (χ4v) is 1.74. The Hall–Kier alpha value is -0.260. The van der Waals surface area contributed by atoms with Crippen molar-refractivity contribution in [2.24, 2.45) is 5.92 Å². The first kappa shape index (κ1) is 12.7. The van der Waals surface area contributed by atoms with Crippen molar-refractivity contribution >= 4 is 0 Å². The Labute approximate surface area is 84.4 Å². The molecule has 1 radical (unpaired) electrons. The minimum absolute atomic E-state index is 0.831. The molecule has 0 aromatic rings. The summed E-state index contributed by atoms with van der Waals surface area (Å²) >= 11 is 0. The molecule has 0 heteroatoms. The van der Waals surface area contributed by atoms with Gasteiger partial charge in [-0.1, -0.05) is 58.6 Å². The van der Waals surface area contributed by atoms with Crippen LogP contribution >= 0.6 is 0 Å². The van der Waals surface area contributed by atoms with Crippen LogP contribution in [0.3, 0.4) is 0 Å². The highest BCUT2D eigenvalue weighted by Gasteiger charge is 2.02. The Morgan fingerprint density at radius 1 is 1.31 bits per heavy atom. The molecule has 0 spiro atoms. The van der Waals surface area contributed by atoms with E-state index in [1.807, 2.05) is 0 Å². The van der Waals surface area contributed by atoms with Crippen LogP contribution in [-0.2, 0) is 0 Å². The summed E-state index contributed by atoms with van der Waals surface area (Å²) in [4.78, 5) is 0. The first-order valence-electron chi connectivity index (χ1n) is 5.66. The zero-order chi connectivity index (χ0) is 10.1. The minimum Gasteiger partial charge on any atom is -0.0999 e. The van der Waals surface area contributed by atoms with Gasteiger partial charge in [-0.05, 0) is 25.2 Å². The molecule has 0 N–H and O–H groups in total. The SMILES string of the molecule is [CH2]CCCCC(=C)CC(C)CCC. The van der Waals surface area contributed by atoms with Gasteiger partial charge in [0.05, 0.1) is 0 Å². The Morgan fingerprint density at radius 3 is 2.54 bits per heavy atom. The lowest BCUT2D eigenvalue weighted by Gasteiger charge is -2.11. The van der Waals surface area contributed by atoms with Crippen LogP contribution < -0.4 is 0 Å². The van der Waals surface area contributed by atoms with Gasteiger partial charge in [-0.25, -0.2) is 0 Å². The fraction of sp³-hybridized carbons (Fsp3) is 0.769. The molecular weight excluding hydrogens is 156 g/mol. The molecule has 0 aliphatic carbocycles. The molecule has 0 aromatic carbocycles. The van der Waals surface area contributed by atoms with Crippen LogP contribution in [0.1, 0.15) is 58.8 Å². The predicted molar refractivity (Wildman–Crippen MR) is 61.7 cm³/mol. The molecule has 0 saturated carbocycles. The maximum Gasteiger partial charge on any atom is -0.0297 e. The Bertz CT molecular complexity index is 124. The molecule has 0 aliphatic heterocycles. The molecule has 0 saturated heterocycles. The van der Waals surface area contributed by atoms with Crippen LogP contribution in [0, 0.1) is 12.8 Å². The molecule has 1 unspecified atom stereocenters. The molecule has 0 aromatic heterocycles. The molecule has 1 atom stereocenters. The third-order valence-electron chi connectivity index (χ3n) is 2.45. The largest absolute Gasteiger partial charge is 0.0999 e. The van der Waals surface area contributed by atoms with E-state index in [0.717, 1.165) is 12.3 Å². The molecule has 0 amide bonds. The molecule has 0 fully saturated rings. The van der Waals surface area contributed by atoms with Crippen LogP contribution in [0.2, 0.25) is 0 Å². The average molecular weight is 181 g/mol. The molecular formula is C13H25. The van der Waals surface area contributed by atoms with Crippen LogP contribution in [0.25, 0.3) is 0 Å². The predicted octanol–water partition coefficient (Wildman–Crippen LogP) is 4.76. The quantitative estimate of drug-likeness (QED) is 0.374. The van der Waals surface area contributed by atoms with Crippen molar-refractivity contribution in [2.45, 2.75) is 58.8 Å². The number of allylic oxidation sites excluding steroid dienone is 1. The van der Waals surface area contributed by atoms with Gasteiger partial charge < -0.3 is 0 Å². The van der Waals surface area contributed by atoms with Gasteiger partial charge in [-0.3, -0.25) is 0 Å². The van der Waals surface area contributed by atoms with E-state index in [9.17, 15) is 0 Å². The first-order valence-corrected chi connectivity index (χ1v) is 5.66. The fourth-order valence-electron chi connectivity index (χ4n) is 1.74. The van der Waals surface area contributed by atoms with Crippen molar-refractivity contribution in [1.82, 2.24) is 0 Å². The maximum atomic E-state index is 4.13. The topological polar surface area (TPSA) is 0 Å². The van der Waals surface area contributed by atoms with Crippen LogP contribution in [-0.4, -0.2) is 0 Å². The lowest BCUT2D eigenvalue weighted by atomic mass is 9.95. The standard InChI is InChI=1S/C13H25/c1-5-7-8-10-13(4)11-12(3)9-6-2/h12H,1,4-11H2,2-3H3. The third-order valence-corrected chi connectivity index (χ3v) is 2.45. The maximum absolute atomic E-state index is 4.13. The minimum atomic E-state index is 0.831. The van der Waals surface area contributed by atoms with Gasteiger partial charge in [-0.15, -0.1) is 0 Å². The summed E-state index contributed by atoms with van der Waals surface area (Å²) in [7, 11) is 0. The van der Waals surface area contributed by atoms with Crippen molar-refractivity contribution in [1.29, 1.82) is 0 Å². The van der Waals surface area contributed by atoms with Crippen LogP contribution in [0.4, 0.5) is 0 Å². The summed E-state index contributed by atoms with van der Waals surface area (Å²) in [5.74, 6) is 0.831. The summed E-state index contributed by atoms with van der Waals surface area (Å²) in [6.45, 7) is 12.6. The van der Waals surface area contributed by atoms with E-state index < -0.39 is 0 Å². The summed E-state index contributed by atoms with van der Waals surface area (Å²) in [6, 6.07) is 0. The van der Waals surface area contributed by atoms with Gasteiger partial charge >= 0.3 is 0 Å². The third kappa shape index (κ3) is 8.08. The van der Waals surface area contributed by atoms with E-state index in [1.54, 1.807) is 0 Å². The summed E-state index contributed by atoms with van der Waals surface area (Å²) in [6.07, 6.45) is 8.68. The molecule has 0 heterocycles. The Kier molecular flexibility index (Phi) is 8.18. The van der Waals surface area contributed by atoms with E-state index in [4.69, 9.17) is 0 Å². The highest BCUT2D eigenvalue weighted by Crippen LogP contribution is 2.19. The van der Waals surface area contributed by atoms with Crippen molar-refractivity contribution < 1.29 is 0 Å². The molecule has 77 valence electrons. The lowest BCUT2D eigenvalue weighted by molar-refractivity contribution is 0.510. The van der Waals surface area contributed by atoms with Crippen LogP contribution in [0.5, 0.6) is 0 Å². The van der Waals surface area contributed by atoms with Gasteiger partial charge in [0.1, 0.15) is 0 Å². The van der Waals surface area contributed by atoms with Gasteiger partial charge in [0, 0.05) is 0 Å².